The van der Waals surface area contributed by atoms with E-state index in [1.807, 2.05) is 26.0 Å². The van der Waals surface area contributed by atoms with Gasteiger partial charge in [0.25, 0.3) is 0 Å². The van der Waals surface area contributed by atoms with E-state index in [0.29, 0.717) is 12.2 Å². The summed E-state index contributed by atoms with van der Waals surface area (Å²) in [5, 5.41) is 8.11. The van der Waals surface area contributed by atoms with Gasteiger partial charge in [0.05, 0.1) is 0 Å². The van der Waals surface area contributed by atoms with Crippen LogP contribution in [0, 0.1) is 5.41 Å². The van der Waals surface area contributed by atoms with Crippen LogP contribution in [0.2, 0.25) is 5.02 Å². The minimum atomic E-state index is -0.356. The van der Waals surface area contributed by atoms with Crippen molar-refractivity contribution in [3.8, 4) is 5.75 Å². The van der Waals surface area contributed by atoms with Crippen molar-refractivity contribution in [2.24, 2.45) is 5.73 Å². The van der Waals surface area contributed by atoms with Gasteiger partial charge in [-0.1, -0.05) is 25.4 Å². The number of benzene rings is 1. The summed E-state index contributed by atoms with van der Waals surface area (Å²) < 4.78 is 5.61. The Hall–Kier alpha value is -1.22. The lowest BCUT2D eigenvalue weighted by atomic mass is 10.1. The van der Waals surface area contributed by atoms with Crippen molar-refractivity contribution < 1.29 is 4.74 Å². The number of nitrogens with two attached hydrogens (primary N) is 1. The maximum absolute atomic E-state index is 7.37. The Bertz CT molecular complexity index is 379. The number of rotatable bonds is 5. The predicted octanol–water partition coefficient (Wildman–Crippen LogP) is 3.00. The zero-order chi connectivity index (χ0) is 12.1. The summed E-state index contributed by atoms with van der Waals surface area (Å²) in [6, 6.07) is 5.50. The first-order chi connectivity index (χ1) is 7.58. The molecule has 3 nitrogen and oxygen atoms in total. The Morgan fingerprint density at radius 2 is 2.19 bits per heavy atom. The smallest absolute Gasteiger partial charge is 0.155 e. The molecule has 16 heavy (non-hydrogen) atoms. The van der Waals surface area contributed by atoms with Crippen molar-refractivity contribution in [3.05, 3.63) is 28.8 Å². The molecule has 0 saturated carbocycles. The first-order valence-electron chi connectivity index (χ1n) is 5.37. The molecule has 0 heterocycles. The Balaban J connectivity index is 2.84. The van der Waals surface area contributed by atoms with E-state index in [0.717, 1.165) is 17.0 Å². The minimum Gasteiger partial charge on any atom is -0.483 e. The van der Waals surface area contributed by atoms with Gasteiger partial charge in [-0.2, -0.15) is 0 Å². The number of amidine groups is 1. The summed E-state index contributed by atoms with van der Waals surface area (Å²) in [5.74, 6) is 0.763. The molecular formula is C12H17ClN2O. The standard InChI is InChI=1S/C12H17ClN2O/c1-3-8-7-9(5-6-10(8)13)16-11(4-2)12(14)15/h5-7,11H,3-4H2,1-2H3,(H3,14,15). The molecule has 0 radical (unpaired) electrons. The molecule has 0 spiro atoms. The maximum atomic E-state index is 7.37. The molecule has 0 bridgehead atoms. The van der Waals surface area contributed by atoms with Crippen molar-refractivity contribution in [2.75, 3.05) is 0 Å². The molecule has 0 fully saturated rings. The third kappa shape index (κ3) is 3.14. The Morgan fingerprint density at radius 1 is 1.50 bits per heavy atom. The summed E-state index contributed by atoms with van der Waals surface area (Å²) >= 11 is 6.01. The maximum Gasteiger partial charge on any atom is 0.155 e. The third-order valence-corrected chi connectivity index (χ3v) is 2.76. The monoisotopic (exact) mass is 240 g/mol. The molecule has 1 rings (SSSR count). The summed E-state index contributed by atoms with van der Waals surface area (Å²) in [7, 11) is 0. The summed E-state index contributed by atoms with van der Waals surface area (Å²) in [5.41, 5.74) is 6.47. The second kappa shape index (κ2) is 5.75. The fourth-order valence-electron chi connectivity index (χ4n) is 1.43. The lowest BCUT2D eigenvalue weighted by molar-refractivity contribution is 0.260. The van der Waals surface area contributed by atoms with E-state index in [1.165, 1.54) is 0 Å². The molecule has 0 aliphatic rings. The highest BCUT2D eigenvalue weighted by molar-refractivity contribution is 6.31. The van der Waals surface area contributed by atoms with Crippen LogP contribution >= 0.6 is 11.6 Å². The zero-order valence-corrected chi connectivity index (χ0v) is 10.3. The Morgan fingerprint density at radius 3 is 2.69 bits per heavy atom. The first kappa shape index (κ1) is 12.8. The van der Waals surface area contributed by atoms with E-state index in [1.54, 1.807) is 6.07 Å². The van der Waals surface area contributed by atoms with Crippen molar-refractivity contribution in [3.63, 3.8) is 0 Å². The minimum absolute atomic E-state index is 0.0514. The molecule has 0 aliphatic heterocycles. The van der Waals surface area contributed by atoms with E-state index in [4.69, 9.17) is 27.5 Å². The normalized spacial score (nSPS) is 12.2. The van der Waals surface area contributed by atoms with Crippen LogP contribution in [0.3, 0.4) is 0 Å². The van der Waals surface area contributed by atoms with Gasteiger partial charge in [0.1, 0.15) is 11.6 Å². The van der Waals surface area contributed by atoms with Crippen LogP contribution in [0.1, 0.15) is 25.8 Å². The molecule has 0 saturated heterocycles. The number of nitrogens with one attached hydrogen (secondary N) is 1. The van der Waals surface area contributed by atoms with Gasteiger partial charge >= 0.3 is 0 Å². The topological polar surface area (TPSA) is 59.1 Å². The quantitative estimate of drug-likeness (QED) is 0.614. The molecule has 0 amide bonds. The molecule has 1 aromatic rings. The van der Waals surface area contributed by atoms with Crippen LogP contribution in [-0.2, 0) is 6.42 Å². The van der Waals surface area contributed by atoms with E-state index >= 15 is 0 Å². The van der Waals surface area contributed by atoms with Gasteiger partial charge in [0.15, 0.2) is 6.10 Å². The molecular weight excluding hydrogens is 224 g/mol. The van der Waals surface area contributed by atoms with Gasteiger partial charge in [0, 0.05) is 5.02 Å². The highest BCUT2D eigenvalue weighted by atomic mass is 35.5. The molecule has 3 N–H and O–H groups in total. The van der Waals surface area contributed by atoms with Gasteiger partial charge < -0.3 is 10.5 Å². The molecule has 0 aliphatic carbocycles. The molecule has 1 atom stereocenters. The SMILES string of the molecule is CCc1cc(OC(CC)C(=N)N)ccc1Cl. The van der Waals surface area contributed by atoms with Gasteiger partial charge in [-0.25, -0.2) is 0 Å². The molecule has 88 valence electrons. The second-order valence-corrected chi connectivity index (χ2v) is 3.98. The summed E-state index contributed by atoms with van der Waals surface area (Å²) in [6.07, 6.45) is 1.18. The van der Waals surface area contributed by atoms with Crippen LogP contribution in [0.15, 0.2) is 18.2 Å². The van der Waals surface area contributed by atoms with Crippen LogP contribution in [-0.4, -0.2) is 11.9 Å². The van der Waals surface area contributed by atoms with Crippen LogP contribution < -0.4 is 10.5 Å². The summed E-state index contributed by atoms with van der Waals surface area (Å²) in [6.45, 7) is 3.97. The van der Waals surface area contributed by atoms with Crippen LogP contribution in [0.25, 0.3) is 0 Å². The van der Waals surface area contributed by atoms with Crippen molar-refractivity contribution >= 4 is 17.4 Å². The van der Waals surface area contributed by atoms with E-state index in [2.05, 4.69) is 0 Å². The number of ether oxygens (including phenoxy) is 1. The third-order valence-electron chi connectivity index (χ3n) is 2.39. The average Bonchev–Trinajstić information content (AvgIpc) is 2.27. The highest BCUT2D eigenvalue weighted by Crippen LogP contribution is 2.23. The number of aryl methyl sites for hydroxylation is 1. The zero-order valence-electron chi connectivity index (χ0n) is 9.59. The van der Waals surface area contributed by atoms with Gasteiger partial charge in [-0.3, -0.25) is 5.41 Å². The molecule has 4 heteroatoms. The number of halogens is 1. The second-order valence-electron chi connectivity index (χ2n) is 3.58. The molecule has 1 aromatic carbocycles. The fourth-order valence-corrected chi connectivity index (χ4v) is 1.68. The Kier molecular flexibility index (Phi) is 4.62. The van der Waals surface area contributed by atoms with Crippen molar-refractivity contribution in [1.82, 2.24) is 0 Å². The van der Waals surface area contributed by atoms with Gasteiger partial charge in [0.2, 0.25) is 0 Å². The summed E-state index contributed by atoms with van der Waals surface area (Å²) in [4.78, 5) is 0. The fraction of sp³-hybridized carbons (Fsp3) is 0.417. The highest BCUT2D eigenvalue weighted by Gasteiger charge is 2.11. The van der Waals surface area contributed by atoms with Crippen LogP contribution in [0.4, 0.5) is 0 Å². The van der Waals surface area contributed by atoms with Crippen molar-refractivity contribution in [1.29, 1.82) is 5.41 Å². The lowest BCUT2D eigenvalue weighted by Crippen LogP contribution is -2.32. The lowest BCUT2D eigenvalue weighted by Gasteiger charge is -2.16. The number of hydrogen-bond acceptors (Lipinski definition) is 2. The van der Waals surface area contributed by atoms with E-state index in [9.17, 15) is 0 Å². The number of hydrogen-bond donors (Lipinski definition) is 2. The largest absolute Gasteiger partial charge is 0.483 e. The van der Waals surface area contributed by atoms with Gasteiger partial charge in [-0.15, -0.1) is 0 Å². The van der Waals surface area contributed by atoms with Crippen LogP contribution in [0.5, 0.6) is 5.75 Å². The average molecular weight is 241 g/mol. The molecule has 1 unspecified atom stereocenters. The van der Waals surface area contributed by atoms with Gasteiger partial charge in [-0.05, 0) is 36.6 Å². The van der Waals surface area contributed by atoms with E-state index in [-0.39, 0.29) is 11.9 Å². The first-order valence-corrected chi connectivity index (χ1v) is 5.75. The Labute approximate surface area is 101 Å². The predicted molar refractivity (Wildman–Crippen MR) is 67.5 cm³/mol. The molecule has 0 aromatic heterocycles. The van der Waals surface area contributed by atoms with Crippen molar-refractivity contribution in [2.45, 2.75) is 32.8 Å². The van der Waals surface area contributed by atoms with E-state index < -0.39 is 0 Å².